The number of ketones is 1. The zero-order valence-corrected chi connectivity index (χ0v) is 9.64. The fraction of sp³-hybridized carbons (Fsp3) is 0.500. The van der Waals surface area contributed by atoms with Crippen molar-refractivity contribution in [2.45, 2.75) is 32.5 Å². The Labute approximate surface area is 95.6 Å². The lowest BCUT2D eigenvalue weighted by Crippen LogP contribution is -2.12. The van der Waals surface area contributed by atoms with E-state index in [1.165, 1.54) is 6.42 Å². The standard InChI is InChI=1S/C14H16O2/c1-14(2)8-10(14)12-13(16-12)11(15)9-6-4-3-5-7-9/h3-7,10,12-13H,8H2,1-2H3/t10?,12-,13-/m1/s1. The van der Waals surface area contributed by atoms with Crippen LogP contribution in [0.5, 0.6) is 0 Å². The van der Waals surface area contributed by atoms with Crippen LogP contribution in [0.15, 0.2) is 30.3 Å². The summed E-state index contributed by atoms with van der Waals surface area (Å²) in [6, 6.07) is 9.43. The average Bonchev–Trinajstić information content (AvgIpc) is 3.15. The first kappa shape index (κ1) is 10.0. The fourth-order valence-electron chi connectivity index (χ4n) is 2.48. The van der Waals surface area contributed by atoms with Gasteiger partial charge >= 0.3 is 0 Å². The second-order valence-electron chi connectivity index (χ2n) is 5.55. The van der Waals surface area contributed by atoms with E-state index < -0.39 is 0 Å². The Morgan fingerprint density at radius 3 is 2.50 bits per heavy atom. The van der Waals surface area contributed by atoms with E-state index >= 15 is 0 Å². The number of hydrogen-bond donors (Lipinski definition) is 0. The Balaban J connectivity index is 1.67. The highest BCUT2D eigenvalue weighted by atomic mass is 16.6. The predicted molar refractivity (Wildman–Crippen MR) is 61.3 cm³/mol. The molecule has 1 heterocycles. The zero-order valence-electron chi connectivity index (χ0n) is 9.64. The zero-order chi connectivity index (χ0) is 11.3. The van der Waals surface area contributed by atoms with Gasteiger partial charge in [-0.05, 0) is 17.8 Å². The minimum atomic E-state index is -0.172. The Morgan fingerprint density at radius 1 is 1.31 bits per heavy atom. The average molecular weight is 216 g/mol. The van der Waals surface area contributed by atoms with E-state index in [1.54, 1.807) is 0 Å². The largest absolute Gasteiger partial charge is 0.361 e. The Morgan fingerprint density at radius 2 is 1.94 bits per heavy atom. The molecular weight excluding hydrogens is 200 g/mol. The molecule has 2 heteroatoms. The van der Waals surface area contributed by atoms with Crippen molar-refractivity contribution in [3.63, 3.8) is 0 Å². The van der Waals surface area contributed by atoms with Gasteiger partial charge in [-0.15, -0.1) is 0 Å². The van der Waals surface area contributed by atoms with E-state index in [-0.39, 0.29) is 18.0 Å². The van der Waals surface area contributed by atoms with Crippen molar-refractivity contribution in [3.8, 4) is 0 Å². The molecule has 0 N–H and O–H groups in total. The van der Waals surface area contributed by atoms with E-state index in [9.17, 15) is 4.79 Å². The molecule has 3 rings (SSSR count). The highest BCUT2D eigenvalue weighted by Gasteiger charge is 2.61. The minimum absolute atomic E-state index is 0.147. The highest BCUT2D eigenvalue weighted by molar-refractivity contribution is 6.01. The maximum Gasteiger partial charge on any atom is 0.194 e. The van der Waals surface area contributed by atoms with Crippen LogP contribution in [0.1, 0.15) is 30.6 Å². The molecule has 1 unspecified atom stereocenters. The molecule has 2 aliphatic rings. The van der Waals surface area contributed by atoms with Crippen LogP contribution >= 0.6 is 0 Å². The molecule has 0 aromatic heterocycles. The van der Waals surface area contributed by atoms with E-state index in [2.05, 4.69) is 13.8 Å². The topological polar surface area (TPSA) is 29.6 Å². The van der Waals surface area contributed by atoms with Gasteiger partial charge in [0.2, 0.25) is 0 Å². The van der Waals surface area contributed by atoms with Gasteiger partial charge in [0.15, 0.2) is 5.78 Å². The Kier molecular flexibility index (Phi) is 1.99. The van der Waals surface area contributed by atoms with Crippen LogP contribution in [0.4, 0.5) is 0 Å². The summed E-state index contributed by atoms with van der Waals surface area (Å²) < 4.78 is 5.54. The summed E-state index contributed by atoms with van der Waals surface area (Å²) >= 11 is 0. The van der Waals surface area contributed by atoms with Crippen LogP contribution in [0.2, 0.25) is 0 Å². The third kappa shape index (κ3) is 1.57. The first-order valence-corrected chi connectivity index (χ1v) is 5.84. The molecule has 1 aliphatic heterocycles. The molecule has 0 radical (unpaired) electrons. The number of carbonyl (C=O) groups excluding carboxylic acids is 1. The van der Waals surface area contributed by atoms with E-state index in [0.717, 1.165) is 5.56 Å². The third-order valence-corrected chi connectivity index (χ3v) is 3.83. The van der Waals surface area contributed by atoms with E-state index in [4.69, 9.17) is 4.74 Å². The van der Waals surface area contributed by atoms with Crippen molar-refractivity contribution >= 4 is 5.78 Å². The summed E-state index contributed by atoms with van der Waals surface area (Å²) in [5.74, 6) is 0.735. The molecule has 2 nitrogen and oxygen atoms in total. The molecule has 3 atom stereocenters. The SMILES string of the molecule is CC1(C)CC1[C@H]1O[C@@H]1C(=O)c1ccccc1. The Bertz CT molecular complexity index is 422. The lowest BCUT2D eigenvalue weighted by atomic mass is 10.0. The lowest BCUT2D eigenvalue weighted by Gasteiger charge is -1.98. The molecule has 1 aromatic rings. The number of carbonyl (C=O) groups is 1. The van der Waals surface area contributed by atoms with Gasteiger partial charge in [-0.25, -0.2) is 0 Å². The summed E-state index contributed by atoms with van der Waals surface area (Å²) in [5, 5.41) is 0. The molecule has 0 spiro atoms. The van der Waals surface area contributed by atoms with Gasteiger partial charge in [0.05, 0.1) is 6.10 Å². The van der Waals surface area contributed by atoms with Gasteiger partial charge in [-0.1, -0.05) is 44.2 Å². The second-order valence-corrected chi connectivity index (χ2v) is 5.55. The molecule has 1 saturated heterocycles. The van der Waals surface area contributed by atoms with Crippen molar-refractivity contribution < 1.29 is 9.53 Å². The quantitative estimate of drug-likeness (QED) is 0.574. The number of hydrogen-bond acceptors (Lipinski definition) is 2. The molecule has 1 aliphatic carbocycles. The lowest BCUT2D eigenvalue weighted by molar-refractivity contribution is 0.0953. The van der Waals surface area contributed by atoms with Crippen LogP contribution in [-0.4, -0.2) is 18.0 Å². The third-order valence-electron chi connectivity index (χ3n) is 3.83. The summed E-state index contributed by atoms with van der Waals surface area (Å²) in [5.41, 5.74) is 1.16. The highest BCUT2D eigenvalue weighted by Crippen LogP contribution is 2.59. The smallest absolute Gasteiger partial charge is 0.194 e. The molecule has 2 fully saturated rings. The molecule has 0 bridgehead atoms. The van der Waals surface area contributed by atoms with Gasteiger partial charge < -0.3 is 4.74 Å². The molecule has 16 heavy (non-hydrogen) atoms. The van der Waals surface area contributed by atoms with Crippen molar-refractivity contribution in [1.82, 2.24) is 0 Å². The summed E-state index contributed by atoms with van der Waals surface area (Å²) in [7, 11) is 0. The van der Waals surface area contributed by atoms with Gasteiger partial charge in [-0.3, -0.25) is 4.79 Å². The molecular formula is C14H16O2. The molecule has 84 valence electrons. The number of rotatable bonds is 3. The molecule has 1 saturated carbocycles. The maximum atomic E-state index is 12.0. The van der Waals surface area contributed by atoms with Crippen LogP contribution in [0, 0.1) is 11.3 Å². The van der Waals surface area contributed by atoms with Crippen molar-refractivity contribution in [2.75, 3.05) is 0 Å². The molecule has 1 aromatic carbocycles. The summed E-state index contributed by atoms with van der Waals surface area (Å²) in [6.45, 7) is 4.48. The van der Waals surface area contributed by atoms with E-state index in [1.807, 2.05) is 30.3 Å². The van der Waals surface area contributed by atoms with Gasteiger partial charge in [0, 0.05) is 5.56 Å². The number of epoxide rings is 1. The van der Waals surface area contributed by atoms with Crippen molar-refractivity contribution in [3.05, 3.63) is 35.9 Å². The van der Waals surface area contributed by atoms with Crippen LogP contribution in [0.25, 0.3) is 0 Å². The first-order valence-electron chi connectivity index (χ1n) is 5.84. The number of ether oxygens (including phenoxy) is 1. The predicted octanol–water partition coefficient (Wildman–Crippen LogP) is 2.68. The first-order chi connectivity index (χ1) is 7.59. The van der Waals surface area contributed by atoms with Crippen molar-refractivity contribution in [2.24, 2.45) is 11.3 Å². The monoisotopic (exact) mass is 216 g/mol. The summed E-state index contributed by atoms with van der Waals surface area (Å²) in [4.78, 5) is 12.0. The maximum absolute atomic E-state index is 12.0. The Hall–Kier alpha value is -1.15. The normalized spacial score (nSPS) is 34.5. The minimum Gasteiger partial charge on any atom is -0.361 e. The molecule has 0 amide bonds. The number of Topliss-reactive ketones (excluding diaryl/α,β-unsaturated/α-hetero) is 1. The fourth-order valence-corrected chi connectivity index (χ4v) is 2.48. The number of benzene rings is 1. The van der Waals surface area contributed by atoms with Crippen LogP contribution in [-0.2, 0) is 4.74 Å². The van der Waals surface area contributed by atoms with Gasteiger partial charge in [0.1, 0.15) is 6.10 Å². The van der Waals surface area contributed by atoms with Crippen molar-refractivity contribution in [1.29, 1.82) is 0 Å². The van der Waals surface area contributed by atoms with Gasteiger partial charge in [-0.2, -0.15) is 0 Å². The van der Waals surface area contributed by atoms with Gasteiger partial charge in [0.25, 0.3) is 0 Å². The van der Waals surface area contributed by atoms with E-state index in [0.29, 0.717) is 11.3 Å². The van der Waals surface area contributed by atoms with Crippen LogP contribution < -0.4 is 0 Å². The second kappa shape index (κ2) is 3.17. The summed E-state index contributed by atoms with van der Waals surface area (Å²) in [6.07, 6.45) is 1.20. The van der Waals surface area contributed by atoms with Crippen LogP contribution in [0.3, 0.4) is 0 Å².